The van der Waals surface area contributed by atoms with E-state index < -0.39 is 0 Å². The van der Waals surface area contributed by atoms with E-state index in [9.17, 15) is 0 Å². The second-order valence-corrected chi connectivity index (χ2v) is 5.11. The van der Waals surface area contributed by atoms with Crippen molar-refractivity contribution in [2.75, 3.05) is 0 Å². The summed E-state index contributed by atoms with van der Waals surface area (Å²) in [7, 11) is 0. The summed E-state index contributed by atoms with van der Waals surface area (Å²) in [5.74, 6) is 0. The second kappa shape index (κ2) is 5.86. The molecule has 0 saturated heterocycles. The molecule has 2 aromatic rings. The van der Waals surface area contributed by atoms with E-state index in [2.05, 4.69) is 63.2 Å². The molecule has 94 valence electrons. The predicted molar refractivity (Wildman–Crippen MR) is 80.0 cm³/mol. The van der Waals surface area contributed by atoms with Crippen LogP contribution in [0, 0.1) is 13.8 Å². The quantitative estimate of drug-likeness (QED) is 0.677. The third-order valence-electron chi connectivity index (χ3n) is 3.49. The van der Waals surface area contributed by atoms with Crippen LogP contribution in [0.5, 0.6) is 0 Å². The number of benzene rings is 2. The van der Waals surface area contributed by atoms with Gasteiger partial charge < -0.3 is 0 Å². The highest BCUT2D eigenvalue weighted by Crippen LogP contribution is 2.23. The van der Waals surface area contributed by atoms with E-state index in [0.717, 1.165) is 0 Å². The van der Waals surface area contributed by atoms with Crippen LogP contribution in [0.4, 0.5) is 0 Å². The van der Waals surface area contributed by atoms with Gasteiger partial charge >= 0.3 is 0 Å². The third-order valence-corrected chi connectivity index (χ3v) is 3.49. The van der Waals surface area contributed by atoms with Crippen LogP contribution in [-0.4, -0.2) is 0 Å². The molecule has 0 amide bonds. The van der Waals surface area contributed by atoms with Gasteiger partial charge in [0.1, 0.15) is 0 Å². The van der Waals surface area contributed by atoms with Gasteiger partial charge in [-0.1, -0.05) is 61.4 Å². The Labute approximate surface area is 111 Å². The van der Waals surface area contributed by atoms with Crippen molar-refractivity contribution < 1.29 is 0 Å². The molecule has 0 unspecified atom stereocenters. The summed E-state index contributed by atoms with van der Waals surface area (Å²) in [6, 6.07) is 15.6. The Morgan fingerprint density at radius 1 is 0.889 bits per heavy atom. The normalized spacial score (nSPS) is 10.6. The van der Waals surface area contributed by atoms with Crippen LogP contribution in [0.1, 0.15) is 36.5 Å². The molecule has 0 aromatic heterocycles. The number of aryl methyl sites for hydroxylation is 3. The summed E-state index contributed by atoms with van der Waals surface area (Å²) in [5, 5.41) is 0. The van der Waals surface area contributed by atoms with Crippen molar-refractivity contribution >= 4 is 0 Å². The number of unbranched alkanes of at least 4 members (excludes halogenated alkanes) is 1. The Morgan fingerprint density at radius 3 is 2.33 bits per heavy atom. The molecular weight excluding hydrogens is 216 g/mol. The highest BCUT2D eigenvalue weighted by Gasteiger charge is 2.02. The van der Waals surface area contributed by atoms with Gasteiger partial charge in [0.2, 0.25) is 0 Å². The van der Waals surface area contributed by atoms with Crippen molar-refractivity contribution in [3.63, 3.8) is 0 Å². The average Bonchev–Trinajstić information content (AvgIpc) is 2.37. The van der Waals surface area contributed by atoms with E-state index in [0.29, 0.717) is 0 Å². The zero-order valence-corrected chi connectivity index (χ0v) is 11.7. The fourth-order valence-electron chi connectivity index (χ4n) is 2.35. The molecule has 2 rings (SSSR count). The molecule has 0 heteroatoms. The predicted octanol–water partition coefficient (Wildman–Crippen LogP) is 5.31. The van der Waals surface area contributed by atoms with E-state index in [1.165, 1.54) is 47.1 Å². The molecule has 0 aliphatic heterocycles. The summed E-state index contributed by atoms with van der Waals surface area (Å²) in [6.07, 6.45) is 3.75. The molecule has 0 nitrogen and oxygen atoms in total. The highest BCUT2D eigenvalue weighted by atomic mass is 14.1. The maximum atomic E-state index is 2.32. The first-order valence-corrected chi connectivity index (χ1v) is 6.87. The Morgan fingerprint density at radius 2 is 1.67 bits per heavy atom. The average molecular weight is 238 g/mol. The van der Waals surface area contributed by atoms with Gasteiger partial charge in [0, 0.05) is 0 Å². The van der Waals surface area contributed by atoms with Crippen LogP contribution >= 0.6 is 0 Å². The minimum absolute atomic E-state index is 1.20. The summed E-state index contributed by atoms with van der Waals surface area (Å²) < 4.78 is 0. The summed E-state index contributed by atoms with van der Waals surface area (Å²) in [5.41, 5.74) is 6.88. The Kier molecular flexibility index (Phi) is 4.19. The molecule has 2 aromatic carbocycles. The molecule has 0 aliphatic carbocycles. The molecular formula is C18H22. The van der Waals surface area contributed by atoms with Gasteiger partial charge in [-0.05, 0) is 48.9 Å². The lowest BCUT2D eigenvalue weighted by Gasteiger charge is -2.09. The summed E-state index contributed by atoms with van der Waals surface area (Å²) in [6.45, 7) is 6.62. The SMILES string of the molecule is CCCCc1ccc(-c2cccc(C)c2)cc1C. The van der Waals surface area contributed by atoms with Crippen molar-refractivity contribution in [1.82, 2.24) is 0 Å². The monoisotopic (exact) mass is 238 g/mol. The van der Waals surface area contributed by atoms with Gasteiger partial charge in [-0.3, -0.25) is 0 Å². The van der Waals surface area contributed by atoms with Crippen molar-refractivity contribution in [3.05, 3.63) is 59.2 Å². The zero-order chi connectivity index (χ0) is 13.0. The van der Waals surface area contributed by atoms with Gasteiger partial charge in [0.15, 0.2) is 0 Å². The Hall–Kier alpha value is -1.56. The summed E-state index contributed by atoms with van der Waals surface area (Å²) in [4.78, 5) is 0. The molecule has 0 radical (unpaired) electrons. The first kappa shape index (κ1) is 12.9. The van der Waals surface area contributed by atoms with E-state index in [4.69, 9.17) is 0 Å². The Bertz CT molecular complexity index is 523. The van der Waals surface area contributed by atoms with Crippen LogP contribution < -0.4 is 0 Å². The van der Waals surface area contributed by atoms with E-state index >= 15 is 0 Å². The lowest BCUT2D eigenvalue weighted by molar-refractivity contribution is 0.791. The standard InChI is InChI=1S/C18H22/c1-4-5-8-16-10-11-18(13-15(16)3)17-9-6-7-14(2)12-17/h6-7,9-13H,4-5,8H2,1-3H3. The summed E-state index contributed by atoms with van der Waals surface area (Å²) >= 11 is 0. The van der Waals surface area contributed by atoms with Crippen LogP contribution in [-0.2, 0) is 6.42 Å². The fourth-order valence-corrected chi connectivity index (χ4v) is 2.35. The van der Waals surface area contributed by atoms with E-state index in [1.807, 2.05) is 0 Å². The van der Waals surface area contributed by atoms with Gasteiger partial charge in [-0.25, -0.2) is 0 Å². The maximum Gasteiger partial charge on any atom is -0.0181 e. The smallest absolute Gasteiger partial charge is 0.0181 e. The van der Waals surface area contributed by atoms with Crippen LogP contribution in [0.15, 0.2) is 42.5 Å². The van der Waals surface area contributed by atoms with E-state index in [-0.39, 0.29) is 0 Å². The third kappa shape index (κ3) is 3.01. The fraction of sp³-hybridized carbons (Fsp3) is 0.333. The van der Waals surface area contributed by atoms with Gasteiger partial charge in [-0.15, -0.1) is 0 Å². The topological polar surface area (TPSA) is 0 Å². The maximum absolute atomic E-state index is 2.32. The molecule has 0 heterocycles. The molecule has 0 saturated carbocycles. The number of rotatable bonds is 4. The van der Waals surface area contributed by atoms with Crippen LogP contribution in [0.25, 0.3) is 11.1 Å². The van der Waals surface area contributed by atoms with Crippen molar-refractivity contribution in [3.8, 4) is 11.1 Å². The van der Waals surface area contributed by atoms with Crippen LogP contribution in [0.3, 0.4) is 0 Å². The molecule has 18 heavy (non-hydrogen) atoms. The highest BCUT2D eigenvalue weighted by molar-refractivity contribution is 5.65. The lowest BCUT2D eigenvalue weighted by atomic mass is 9.96. The van der Waals surface area contributed by atoms with Crippen molar-refractivity contribution in [1.29, 1.82) is 0 Å². The van der Waals surface area contributed by atoms with Crippen molar-refractivity contribution in [2.24, 2.45) is 0 Å². The number of hydrogen-bond acceptors (Lipinski definition) is 0. The van der Waals surface area contributed by atoms with Gasteiger partial charge in [0.05, 0.1) is 0 Å². The number of hydrogen-bond donors (Lipinski definition) is 0. The first-order valence-electron chi connectivity index (χ1n) is 6.87. The second-order valence-electron chi connectivity index (χ2n) is 5.11. The van der Waals surface area contributed by atoms with E-state index in [1.54, 1.807) is 0 Å². The molecule has 0 N–H and O–H groups in total. The minimum Gasteiger partial charge on any atom is -0.0654 e. The molecule has 0 fully saturated rings. The van der Waals surface area contributed by atoms with Gasteiger partial charge in [0.25, 0.3) is 0 Å². The first-order chi connectivity index (χ1) is 8.70. The molecule has 0 bridgehead atoms. The Balaban J connectivity index is 2.28. The largest absolute Gasteiger partial charge is 0.0654 e. The lowest BCUT2D eigenvalue weighted by Crippen LogP contribution is -1.90. The zero-order valence-electron chi connectivity index (χ0n) is 11.7. The molecule has 0 atom stereocenters. The van der Waals surface area contributed by atoms with Crippen molar-refractivity contribution in [2.45, 2.75) is 40.0 Å². The molecule has 0 spiro atoms. The van der Waals surface area contributed by atoms with Gasteiger partial charge in [-0.2, -0.15) is 0 Å². The molecule has 0 aliphatic rings. The minimum atomic E-state index is 1.20. The van der Waals surface area contributed by atoms with Crippen LogP contribution in [0.2, 0.25) is 0 Å².